The molecule has 23 heavy (non-hydrogen) atoms. The molecule has 0 bridgehead atoms. The summed E-state index contributed by atoms with van der Waals surface area (Å²) in [5.41, 5.74) is 0.357. The summed E-state index contributed by atoms with van der Waals surface area (Å²) >= 11 is 0. The molecule has 1 amide bonds. The minimum atomic E-state index is -0.491. The van der Waals surface area contributed by atoms with Crippen molar-refractivity contribution in [3.05, 3.63) is 39.9 Å². The summed E-state index contributed by atoms with van der Waals surface area (Å²) < 4.78 is 11.8. The summed E-state index contributed by atoms with van der Waals surface area (Å²) in [5.74, 6) is -0.714. The molecule has 1 spiro atoms. The Morgan fingerprint density at radius 1 is 1.26 bits per heavy atom. The molecule has 2 aliphatic rings. The zero-order valence-electron chi connectivity index (χ0n) is 12.8. The first kappa shape index (κ1) is 15.9. The van der Waals surface area contributed by atoms with Gasteiger partial charge in [-0.25, -0.2) is 0 Å². The molecular weight excluding hydrogens is 300 g/mol. The number of amides is 1. The van der Waals surface area contributed by atoms with E-state index in [0.717, 1.165) is 25.7 Å². The van der Waals surface area contributed by atoms with E-state index >= 15 is 0 Å². The highest BCUT2D eigenvalue weighted by atomic mass is 16.7. The van der Waals surface area contributed by atoms with Crippen LogP contribution in [-0.4, -0.2) is 35.9 Å². The van der Waals surface area contributed by atoms with Gasteiger partial charge >= 0.3 is 0 Å². The van der Waals surface area contributed by atoms with Crippen LogP contribution in [0.4, 0.5) is 5.69 Å². The lowest BCUT2D eigenvalue weighted by atomic mass is 9.94. The van der Waals surface area contributed by atoms with Crippen LogP contribution in [0.3, 0.4) is 0 Å². The maximum atomic E-state index is 12.1. The molecule has 7 heteroatoms. The smallest absolute Gasteiger partial charge is 0.269 e. The Bertz CT molecular complexity index is 581. The summed E-state index contributed by atoms with van der Waals surface area (Å²) in [6.07, 6.45) is 5.13. The number of hydrogen-bond donors (Lipinski definition) is 1. The summed E-state index contributed by atoms with van der Waals surface area (Å²) in [6.45, 7) is 0.859. The number of nitrogens with one attached hydrogen (secondary N) is 1. The second-order valence-electron chi connectivity index (χ2n) is 6.04. The van der Waals surface area contributed by atoms with Gasteiger partial charge in [-0.05, 0) is 25.0 Å². The Hall–Kier alpha value is -1.99. The van der Waals surface area contributed by atoms with Crippen molar-refractivity contribution in [2.75, 3.05) is 13.2 Å². The SMILES string of the molecule is O=C(NC[C@@H]1COC2(CCCCC2)O1)c1ccc([N+](=O)[O-])cc1. The van der Waals surface area contributed by atoms with Crippen molar-refractivity contribution in [2.45, 2.75) is 44.0 Å². The minimum absolute atomic E-state index is 0.0340. The fraction of sp³-hybridized carbons (Fsp3) is 0.562. The molecule has 1 aliphatic carbocycles. The van der Waals surface area contributed by atoms with Crippen LogP contribution in [0, 0.1) is 10.1 Å². The summed E-state index contributed by atoms with van der Waals surface area (Å²) in [5, 5.41) is 13.4. The number of nitro benzene ring substituents is 1. The van der Waals surface area contributed by atoms with Gasteiger partial charge in [0.2, 0.25) is 0 Å². The molecule has 1 saturated carbocycles. The highest BCUT2D eigenvalue weighted by Gasteiger charge is 2.42. The molecule has 1 N–H and O–H groups in total. The van der Waals surface area contributed by atoms with Gasteiger partial charge in [-0.1, -0.05) is 6.42 Å². The van der Waals surface area contributed by atoms with Gasteiger partial charge in [-0.3, -0.25) is 14.9 Å². The van der Waals surface area contributed by atoms with Gasteiger partial charge in [-0.2, -0.15) is 0 Å². The second-order valence-corrected chi connectivity index (χ2v) is 6.04. The fourth-order valence-electron chi connectivity index (χ4n) is 3.11. The Kier molecular flexibility index (Phi) is 4.58. The molecule has 3 rings (SSSR count). The van der Waals surface area contributed by atoms with Crippen molar-refractivity contribution < 1.29 is 19.2 Å². The van der Waals surface area contributed by atoms with E-state index in [4.69, 9.17) is 9.47 Å². The van der Waals surface area contributed by atoms with Gasteiger partial charge in [0.1, 0.15) is 6.10 Å². The van der Waals surface area contributed by atoms with Crippen molar-refractivity contribution >= 4 is 11.6 Å². The van der Waals surface area contributed by atoms with Crippen LogP contribution >= 0.6 is 0 Å². The van der Waals surface area contributed by atoms with Gasteiger partial charge in [0.05, 0.1) is 11.5 Å². The molecule has 1 heterocycles. The van der Waals surface area contributed by atoms with Crippen LogP contribution in [0.2, 0.25) is 0 Å². The van der Waals surface area contributed by atoms with E-state index < -0.39 is 10.7 Å². The highest BCUT2D eigenvalue weighted by Crippen LogP contribution is 2.37. The van der Waals surface area contributed by atoms with Gasteiger partial charge < -0.3 is 14.8 Å². The lowest BCUT2D eigenvalue weighted by molar-refractivity contribution is -0.384. The monoisotopic (exact) mass is 320 g/mol. The van der Waals surface area contributed by atoms with Gasteiger partial charge in [0, 0.05) is 37.1 Å². The number of non-ortho nitro benzene ring substituents is 1. The normalized spacial score (nSPS) is 22.9. The Balaban J connectivity index is 1.50. The molecule has 1 saturated heterocycles. The minimum Gasteiger partial charge on any atom is -0.349 e. The number of benzene rings is 1. The fourth-order valence-corrected chi connectivity index (χ4v) is 3.11. The molecule has 2 fully saturated rings. The van der Waals surface area contributed by atoms with E-state index in [9.17, 15) is 14.9 Å². The van der Waals surface area contributed by atoms with Crippen molar-refractivity contribution in [1.29, 1.82) is 0 Å². The Labute approximate surface area is 134 Å². The molecule has 7 nitrogen and oxygen atoms in total. The molecule has 1 aromatic carbocycles. The van der Waals surface area contributed by atoms with E-state index in [1.54, 1.807) is 0 Å². The topological polar surface area (TPSA) is 90.7 Å². The van der Waals surface area contributed by atoms with E-state index in [1.807, 2.05) is 0 Å². The Morgan fingerprint density at radius 2 is 1.96 bits per heavy atom. The largest absolute Gasteiger partial charge is 0.349 e. The molecular formula is C16H20N2O5. The van der Waals surface area contributed by atoms with Crippen molar-refractivity contribution in [3.63, 3.8) is 0 Å². The summed E-state index contributed by atoms with van der Waals surface area (Å²) in [7, 11) is 0. The van der Waals surface area contributed by atoms with Crippen molar-refractivity contribution in [1.82, 2.24) is 5.32 Å². The lowest BCUT2D eigenvalue weighted by Crippen LogP contribution is -2.37. The third-order valence-electron chi connectivity index (χ3n) is 4.36. The third-order valence-corrected chi connectivity index (χ3v) is 4.36. The number of carbonyl (C=O) groups is 1. The van der Waals surface area contributed by atoms with Gasteiger partial charge in [-0.15, -0.1) is 0 Å². The standard InChI is InChI=1S/C16H20N2O5/c19-15(12-4-6-13(7-5-12)18(20)21)17-10-14-11-22-16(23-14)8-2-1-3-9-16/h4-7,14H,1-3,8-11H2,(H,17,19)/t14-/m1/s1. The van der Waals surface area contributed by atoms with Crippen LogP contribution in [-0.2, 0) is 9.47 Å². The zero-order valence-corrected chi connectivity index (χ0v) is 12.8. The van der Waals surface area contributed by atoms with Crippen LogP contribution in [0.25, 0.3) is 0 Å². The van der Waals surface area contributed by atoms with E-state index in [1.165, 1.54) is 30.7 Å². The lowest BCUT2D eigenvalue weighted by Gasteiger charge is -2.31. The average Bonchev–Trinajstić information content (AvgIpc) is 2.96. The number of rotatable bonds is 4. The number of nitro groups is 1. The first-order valence-electron chi connectivity index (χ1n) is 7.92. The number of ether oxygens (including phenoxy) is 2. The zero-order chi connectivity index (χ0) is 16.3. The molecule has 0 aromatic heterocycles. The molecule has 1 aliphatic heterocycles. The predicted molar refractivity (Wildman–Crippen MR) is 82.1 cm³/mol. The summed E-state index contributed by atoms with van der Waals surface area (Å²) in [4.78, 5) is 22.2. The van der Waals surface area contributed by atoms with Crippen LogP contribution in [0.1, 0.15) is 42.5 Å². The Morgan fingerprint density at radius 3 is 2.61 bits per heavy atom. The predicted octanol–water partition coefficient (Wildman–Crippen LogP) is 2.40. The molecule has 1 atom stereocenters. The van der Waals surface area contributed by atoms with Crippen molar-refractivity contribution in [2.24, 2.45) is 0 Å². The maximum absolute atomic E-state index is 12.1. The number of nitrogens with zero attached hydrogens (tertiary/aromatic N) is 1. The van der Waals surface area contributed by atoms with Crippen LogP contribution in [0.5, 0.6) is 0 Å². The van der Waals surface area contributed by atoms with Gasteiger partial charge in [0.25, 0.3) is 11.6 Å². The van der Waals surface area contributed by atoms with E-state index in [-0.39, 0.29) is 17.7 Å². The van der Waals surface area contributed by atoms with Crippen LogP contribution in [0.15, 0.2) is 24.3 Å². The first-order valence-corrected chi connectivity index (χ1v) is 7.92. The van der Waals surface area contributed by atoms with Gasteiger partial charge in [0.15, 0.2) is 5.79 Å². The highest BCUT2D eigenvalue weighted by molar-refractivity contribution is 5.94. The molecule has 124 valence electrons. The van der Waals surface area contributed by atoms with Crippen molar-refractivity contribution in [3.8, 4) is 0 Å². The number of hydrogen-bond acceptors (Lipinski definition) is 5. The molecule has 1 aromatic rings. The molecule has 0 radical (unpaired) electrons. The average molecular weight is 320 g/mol. The van der Waals surface area contributed by atoms with E-state index in [2.05, 4.69) is 5.32 Å². The maximum Gasteiger partial charge on any atom is 0.269 e. The second kappa shape index (κ2) is 6.64. The van der Waals surface area contributed by atoms with E-state index in [0.29, 0.717) is 18.7 Å². The summed E-state index contributed by atoms with van der Waals surface area (Å²) in [6, 6.07) is 5.53. The third kappa shape index (κ3) is 3.68. The van der Waals surface area contributed by atoms with Crippen LogP contribution < -0.4 is 5.32 Å². The molecule has 0 unspecified atom stereocenters. The quantitative estimate of drug-likeness (QED) is 0.679. The number of carbonyl (C=O) groups excluding carboxylic acids is 1. The first-order chi connectivity index (χ1) is 11.1.